The first-order chi connectivity index (χ1) is 18.4. The normalized spacial score (nSPS) is 14.4. The second-order valence-electron chi connectivity index (χ2n) is 9.58. The number of hydrogen-bond acceptors (Lipinski definition) is 5. The van der Waals surface area contributed by atoms with Crippen LogP contribution in [0.1, 0.15) is 49.3 Å². The van der Waals surface area contributed by atoms with Crippen LogP contribution in [-0.2, 0) is 34.2 Å². The quantitative estimate of drug-likeness (QED) is 0.259. The van der Waals surface area contributed by atoms with Crippen LogP contribution < -0.4 is 4.74 Å². The molecule has 0 radical (unpaired) electrons. The summed E-state index contributed by atoms with van der Waals surface area (Å²) in [6.45, 7) is 4.67. The molecule has 0 spiro atoms. The van der Waals surface area contributed by atoms with Crippen molar-refractivity contribution >= 4 is 38.9 Å². The maximum atomic E-state index is 13.4. The monoisotopic (exact) mass is 574 g/mol. The lowest BCUT2D eigenvalue weighted by molar-refractivity contribution is -0.131. The lowest BCUT2D eigenvalue weighted by atomic mass is 10.1. The van der Waals surface area contributed by atoms with Crippen molar-refractivity contribution in [3.63, 3.8) is 0 Å². The second-order valence-corrected chi connectivity index (χ2v) is 12.7. The summed E-state index contributed by atoms with van der Waals surface area (Å²) in [5.41, 5.74) is 2.84. The van der Waals surface area contributed by atoms with E-state index in [9.17, 15) is 13.2 Å². The van der Waals surface area contributed by atoms with E-state index in [2.05, 4.69) is 6.92 Å². The van der Waals surface area contributed by atoms with Crippen LogP contribution >= 0.6 is 22.9 Å². The fraction of sp³-hybridized carbons (Fsp3) is 0.414. The van der Waals surface area contributed by atoms with Gasteiger partial charge in [0.2, 0.25) is 15.9 Å². The minimum absolute atomic E-state index is 0.0223. The average Bonchev–Trinajstić information content (AvgIpc) is 3.44. The largest absolute Gasteiger partial charge is 0.493 e. The van der Waals surface area contributed by atoms with Crippen LogP contribution in [-0.4, -0.2) is 49.8 Å². The summed E-state index contributed by atoms with van der Waals surface area (Å²) in [7, 11) is -3.47. The van der Waals surface area contributed by atoms with Gasteiger partial charge in [0, 0.05) is 36.8 Å². The van der Waals surface area contributed by atoms with Crippen molar-refractivity contribution in [1.82, 2.24) is 9.21 Å². The minimum atomic E-state index is -3.47. The molecule has 0 bridgehead atoms. The van der Waals surface area contributed by atoms with Crippen LogP contribution in [0.25, 0.3) is 0 Å². The van der Waals surface area contributed by atoms with E-state index in [0.29, 0.717) is 55.5 Å². The Bertz CT molecular complexity index is 1290. The molecule has 6 nitrogen and oxygen atoms in total. The molecule has 2 aromatic carbocycles. The number of carbonyl (C=O) groups excluding carboxylic acids is 1. The Balaban J connectivity index is 1.49. The third-order valence-corrected chi connectivity index (χ3v) is 9.56. The van der Waals surface area contributed by atoms with E-state index < -0.39 is 10.0 Å². The van der Waals surface area contributed by atoms with E-state index in [-0.39, 0.29) is 5.91 Å². The number of benzene rings is 2. The maximum absolute atomic E-state index is 13.4. The standard InChI is InChI=1S/C29H35ClN2O4S2/c1-2-17-36-28-11-8-26(30)20-25(28)21-31(29(33)19-24-13-18-37-22-24)16-12-23-6-9-27(10-7-23)38(34,35)32-14-4-3-5-15-32/h6-11,13,18,20,22H,2-5,12,14-17,19,21H2,1H3. The van der Waals surface area contributed by atoms with Gasteiger partial charge in [-0.3, -0.25) is 4.79 Å². The van der Waals surface area contributed by atoms with E-state index in [0.717, 1.165) is 48.1 Å². The lowest BCUT2D eigenvalue weighted by Crippen LogP contribution is -2.35. The summed E-state index contributed by atoms with van der Waals surface area (Å²) in [5, 5.41) is 4.56. The molecule has 9 heteroatoms. The van der Waals surface area contributed by atoms with Gasteiger partial charge >= 0.3 is 0 Å². The van der Waals surface area contributed by atoms with Crippen LogP contribution in [0.3, 0.4) is 0 Å². The molecular weight excluding hydrogens is 540 g/mol. The van der Waals surface area contributed by atoms with Gasteiger partial charge < -0.3 is 9.64 Å². The van der Waals surface area contributed by atoms with Crippen LogP contribution in [0.15, 0.2) is 64.2 Å². The SMILES string of the molecule is CCCOc1ccc(Cl)cc1CN(CCc1ccc(S(=O)(=O)N2CCCCC2)cc1)C(=O)Cc1ccsc1. The first-order valence-corrected chi connectivity index (χ1v) is 15.9. The zero-order valence-electron chi connectivity index (χ0n) is 21.8. The average molecular weight is 575 g/mol. The number of rotatable bonds is 12. The van der Waals surface area contributed by atoms with Crippen molar-refractivity contribution in [2.24, 2.45) is 0 Å². The van der Waals surface area contributed by atoms with Crippen molar-refractivity contribution < 1.29 is 17.9 Å². The minimum Gasteiger partial charge on any atom is -0.493 e. The number of nitrogens with zero attached hydrogens (tertiary/aromatic N) is 2. The topological polar surface area (TPSA) is 66.9 Å². The van der Waals surface area contributed by atoms with Gasteiger partial charge in [-0.15, -0.1) is 0 Å². The summed E-state index contributed by atoms with van der Waals surface area (Å²) >= 11 is 7.87. The van der Waals surface area contributed by atoms with Gasteiger partial charge in [0.1, 0.15) is 5.75 Å². The molecule has 1 aliphatic heterocycles. The van der Waals surface area contributed by atoms with Crippen LogP contribution in [0.2, 0.25) is 5.02 Å². The van der Waals surface area contributed by atoms with Crippen molar-refractivity contribution in [3.05, 3.63) is 81.0 Å². The molecule has 0 atom stereocenters. The van der Waals surface area contributed by atoms with E-state index in [4.69, 9.17) is 16.3 Å². The number of carbonyl (C=O) groups is 1. The first kappa shape index (κ1) is 28.6. The highest BCUT2D eigenvalue weighted by atomic mass is 35.5. The molecule has 0 unspecified atom stereocenters. The molecule has 3 aromatic rings. The summed E-state index contributed by atoms with van der Waals surface area (Å²) in [6, 6.07) is 14.6. The number of sulfonamides is 1. The van der Waals surface area contributed by atoms with E-state index in [1.807, 2.05) is 46.0 Å². The maximum Gasteiger partial charge on any atom is 0.243 e. The van der Waals surface area contributed by atoms with Crippen LogP contribution in [0, 0.1) is 0 Å². The van der Waals surface area contributed by atoms with Gasteiger partial charge in [0.25, 0.3) is 0 Å². The molecule has 1 amide bonds. The van der Waals surface area contributed by atoms with Gasteiger partial charge in [0.15, 0.2) is 0 Å². The zero-order chi connectivity index (χ0) is 27.0. The van der Waals surface area contributed by atoms with Crippen LogP contribution in [0.4, 0.5) is 0 Å². The molecule has 1 aliphatic rings. The number of ether oxygens (including phenoxy) is 1. The van der Waals surface area contributed by atoms with E-state index >= 15 is 0 Å². The highest BCUT2D eigenvalue weighted by Crippen LogP contribution is 2.26. The zero-order valence-corrected chi connectivity index (χ0v) is 24.2. The lowest BCUT2D eigenvalue weighted by Gasteiger charge is -2.26. The number of piperidine rings is 1. The highest BCUT2D eigenvalue weighted by Gasteiger charge is 2.26. The second kappa shape index (κ2) is 13.6. The van der Waals surface area contributed by atoms with Crippen LogP contribution in [0.5, 0.6) is 5.75 Å². The smallest absolute Gasteiger partial charge is 0.243 e. The first-order valence-electron chi connectivity index (χ1n) is 13.2. The third-order valence-electron chi connectivity index (χ3n) is 6.68. The Labute approximate surface area is 235 Å². The molecule has 2 heterocycles. The third kappa shape index (κ3) is 7.59. The number of halogens is 1. The Morgan fingerprint density at radius 2 is 1.82 bits per heavy atom. The van der Waals surface area contributed by atoms with E-state index in [1.165, 1.54) is 0 Å². The molecule has 0 N–H and O–H groups in total. The summed E-state index contributed by atoms with van der Waals surface area (Å²) in [5.74, 6) is 0.756. The number of thiophene rings is 1. The molecule has 1 fully saturated rings. The van der Waals surface area contributed by atoms with Crippen molar-refractivity contribution in [2.75, 3.05) is 26.2 Å². The molecule has 1 saturated heterocycles. The predicted molar refractivity (Wildman–Crippen MR) is 153 cm³/mol. The molecule has 204 valence electrons. The fourth-order valence-electron chi connectivity index (χ4n) is 4.55. The number of hydrogen-bond donors (Lipinski definition) is 0. The van der Waals surface area contributed by atoms with Gasteiger partial charge in [-0.25, -0.2) is 8.42 Å². The van der Waals surface area contributed by atoms with Gasteiger partial charge in [-0.05, 0) is 84.0 Å². The van der Waals surface area contributed by atoms with Gasteiger partial charge in [-0.1, -0.05) is 37.1 Å². The summed E-state index contributed by atoms with van der Waals surface area (Å²) in [6.07, 6.45) is 4.70. The molecular formula is C29H35ClN2O4S2. The van der Waals surface area contributed by atoms with Crippen molar-refractivity contribution in [2.45, 2.75) is 56.9 Å². The Morgan fingerprint density at radius 3 is 2.50 bits per heavy atom. The number of amides is 1. The Morgan fingerprint density at radius 1 is 1.05 bits per heavy atom. The van der Waals surface area contributed by atoms with Crippen molar-refractivity contribution in [3.8, 4) is 5.75 Å². The molecule has 1 aromatic heterocycles. The Hall–Kier alpha value is -2.39. The fourth-order valence-corrected chi connectivity index (χ4v) is 6.93. The van der Waals surface area contributed by atoms with E-state index in [1.54, 1.807) is 33.8 Å². The summed E-state index contributed by atoms with van der Waals surface area (Å²) < 4.78 is 33.5. The molecule has 4 rings (SSSR count). The molecule has 0 aliphatic carbocycles. The highest BCUT2D eigenvalue weighted by molar-refractivity contribution is 7.89. The van der Waals surface area contributed by atoms with Crippen molar-refractivity contribution in [1.29, 1.82) is 0 Å². The van der Waals surface area contributed by atoms with Gasteiger partial charge in [0.05, 0.1) is 17.9 Å². The Kier molecular flexibility index (Phi) is 10.2. The summed E-state index contributed by atoms with van der Waals surface area (Å²) in [4.78, 5) is 15.5. The predicted octanol–water partition coefficient (Wildman–Crippen LogP) is 6.18. The van der Waals surface area contributed by atoms with Gasteiger partial charge in [-0.2, -0.15) is 15.6 Å². The molecule has 0 saturated carbocycles. The molecule has 38 heavy (non-hydrogen) atoms.